The van der Waals surface area contributed by atoms with Crippen LogP contribution in [-0.2, 0) is 6.18 Å². The highest BCUT2D eigenvalue weighted by Gasteiger charge is 2.30. The number of benzene rings is 2. The first-order valence-electron chi connectivity index (χ1n) is 8.01. The van der Waals surface area contributed by atoms with Crippen molar-refractivity contribution < 1.29 is 18.0 Å². The van der Waals surface area contributed by atoms with Crippen molar-refractivity contribution in [1.82, 2.24) is 15.6 Å². The maximum Gasteiger partial charge on any atom is 0.416 e. The lowest BCUT2D eigenvalue weighted by Crippen LogP contribution is -2.33. The summed E-state index contributed by atoms with van der Waals surface area (Å²) in [6.45, 7) is 0. The van der Waals surface area contributed by atoms with Crippen LogP contribution in [0.4, 0.5) is 29.3 Å². The standard InChI is InChI=1S/C19H14F3N5O/c20-19(21,22)15-4-2-6-17(10-15)26-27-18(28)25-16-5-1-3-13(9-16)7-8-14-11-23-24-12-14/h1-6,9-12,26H,(H,23,24)(H2,25,27,28). The quantitative estimate of drug-likeness (QED) is 0.407. The molecule has 3 rings (SSSR count). The Hall–Kier alpha value is -3.93. The molecule has 0 aliphatic carbocycles. The van der Waals surface area contributed by atoms with Crippen LogP contribution in [0, 0.1) is 11.8 Å². The van der Waals surface area contributed by atoms with E-state index in [9.17, 15) is 18.0 Å². The molecule has 0 radical (unpaired) electrons. The SMILES string of the molecule is O=C(NNc1cccc(C(F)(F)F)c1)Nc1cccc(C#Cc2cn[nH]c2)c1. The molecule has 0 aliphatic rings. The normalized spacial score (nSPS) is 10.5. The minimum atomic E-state index is -4.46. The number of amides is 2. The molecule has 1 aromatic heterocycles. The zero-order valence-electron chi connectivity index (χ0n) is 14.3. The number of carbonyl (C=O) groups excluding carboxylic acids is 1. The number of H-pyrrole nitrogens is 1. The van der Waals surface area contributed by atoms with Gasteiger partial charge < -0.3 is 5.32 Å². The Morgan fingerprint density at radius 2 is 1.75 bits per heavy atom. The van der Waals surface area contributed by atoms with Crippen molar-refractivity contribution in [3.05, 3.63) is 77.6 Å². The van der Waals surface area contributed by atoms with Gasteiger partial charge in [-0.05, 0) is 36.4 Å². The Balaban J connectivity index is 1.59. The molecule has 4 N–H and O–H groups in total. The number of hydrogen-bond donors (Lipinski definition) is 4. The van der Waals surface area contributed by atoms with Gasteiger partial charge in [0, 0.05) is 17.4 Å². The summed E-state index contributed by atoms with van der Waals surface area (Å²) < 4.78 is 38.1. The average molecular weight is 385 g/mol. The number of hydrogen-bond acceptors (Lipinski definition) is 3. The number of halogens is 3. The molecule has 0 atom stereocenters. The Morgan fingerprint density at radius 1 is 1.00 bits per heavy atom. The minimum absolute atomic E-state index is 0.102. The largest absolute Gasteiger partial charge is 0.416 e. The van der Waals surface area contributed by atoms with Crippen molar-refractivity contribution in [2.75, 3.05) is 10.7 Å². The summed E-state index contributed by atoms with van der Waals surface area (Å²) in [7, 11) is 0. The third-order valence-electron chi connectivity index (χ3n) is 3.48. The van der Waals surface area contributed by atoms with Gasteiger partial charge in [0.25, 0.3) is 0 Å². The van der Waals surface area contributed by atoms with E-state index in [-0.39, 0.29) is 5.69 Å². The molecular weight excluding hydrogens is 371 g/mol. The van der Waals surface area contributed by atoms with Gasteiger partial charge in [0.05, 0.1) is 23.0 Å². The van der Waals surface area contributed by atoms with Crippen LogP contribution in [0.3, 0.4) is 0 Å². The second-order valence-electron chi connectivity index (χ2n) is 5.60. The summed E-state index contributed by atoms with van der Waals surface area (Å²) in [4.78, 5) is 12.0. The first-order chi connectivity index (χ1) is 13.4. The van der Waals surface area contributed by atoms with Crippen LogP contribution in [0.25, 0.3) is 0 Å². The summed E-state index contributed by atoms with van der Waals surface area (Å²) >= 11 is 0. The molecule has 2 amide bonds. The third-order valence-corrected chi connectivity index (χ3v) is 3.48. The van der Waals surface area contributed by atoms with Gasteiger partial charge in [-0.25, -0.2) is 4.79 Å². The minimum Gasteiger partial charge on any atom is -0.307 e. The molecule has 0 bridgehead atoms. The molecule has 0 saturated carbocycles. The lowest BCUT2D eigenvalue weighted by molar-refractivity contribution is -0.137. The fourth-order valence-electron chi connectivity index (χ4n) is 2.20. The van der Waals surface area contributed by atoms with Crippen molar-refractivity contribution in [3.63, 3.8) is 0 Å². The number of nitrogens with zero attached hydrogens (tertiary/aromatic N) is 1. The molecule has 9 heteroatoms. The summed E-state index contributed by atoms with van der Waals surface area (Å²) in [5.41, 5.74) is 5.87. The number of nitrogens with one attached hydrogen (secondary N) is 4. The lowest BCUT2D eigenvalue weighted by Gasteiger charge is -2.12. The van der Waals surface area contributed by atoms with Crippen molar-refractivity contribution >= 4 is 17.4 Å². The predicted octanol–water partition coefficient (Wildman–Crippen LogP) is 3.98. The number of aromatic nitrogens is 2. The fraction of sp³-hybridized carbons (Fsp3) is 0.0526. The van der Waals surface area contributed by atoms with Crippen LogP contribution < -0.4 is 16.2 Å². The highest BCUT2D eigenvalue weighted by Crippen LogP contribution is 2.30. The van der Waals surface area contributed by atoms with Crippen LogP contribution in [0.15, 0.2) is 60.9 Å². The van der Waals surface area contributed by atoms with Crippen molar-refractivity contribution in [2.24, 2.45) is 0 Å². The first kappa shape index (κ1) is 18.8. The summed E-state index contributed by atoms with van der Waals surface area (Å²) in [5.74, 6) is 5.84. The highest BCUT2D eigenvalue weighted by atomic mass is 19.4. The van der Waals surface area contributed by atoms with Gasteiger partial charge in [0.15, 0.2) is 0 Å². The van der Waals surface area contributed by atoms with Crippen LogP contribution >= 0.6 is 0 Å². The van der Waals surface area contributed by atoms with Gasteiger partial charge in [-0.2, -0.15) is 18.3 Å². The van der Waals surface area contributed by atoms with E-state index in [2.05, 4.69) is 38.2 Å². The fourth-order valence-corrected chi connectivity index (χ4v) is 2.20. The summed E-state index contributed by atoms with van der Waals surface area (Å²) in [6, 6.07) is 10.7. The Kier molecular flexibility index (Phi) is 5.50. The molecule has 2 aromatic carbocycles. The molecule has 0 fully saturated rings. The number of aromatic amines is 1. The molecule has 142 valence electrons. The van der Waals surface area contributed by atoms with Crippen molar-refractivity contribution in [2.45, 2.75) is 6.18 Å². The van der Waals surface area contributed by atoms with E-state index in [1.54, 1.807) is 36.7 Å². The van der Waals surface area contributed by atoms with Crippen molar-refractivity contribution in [3.8, 4) is 11.8 Å². The number of urea groups is 1. The molecular formula is C19H14F3N5O. The number of alkyl halides is 3. The van der Waals surface area contributed by atoms with E-state index in [4.69, 9.17) is 0 Å². The van der Waals surface area contributed by atoms with Gasteiger partial charge >= 0.3 is 12.2 Å². The Labute approximate surface area is 158 Å². The smallest absolute Gasteiger partial charge is 0.307 e. The van der Waals surface area contributed by atoms with Gasteiger partial charge in [-0.15, -0.1) is 0 Å². The molecule has 0 unspecified atom stereocenters. The average Bonchev–Trinajstić information content (AvgIpc) is 3.18. The molecule has 0 spiro atoms. The van der Waals surface area contributed by atoms with Crippen molar-refractivity contribution in [1.29, 1.82) is 0 Å². The number of rotatable bonds is 3. The van der Waals surface area contributed by atoms with Gasteiger partial charge in [0.2, 0.25) is 0 Å². The predicted molar refractivity (Wildman–Crippen MR) is 98.2 cm³/mol. The number of anilines is 2. The summed E-state index contributed by atoms with van der Waals surface area (Å²) in [5, 5.41) is 9.02. The topological polar surface area (TPSA) is 81.8 Å². The van der Waals surface area contributed by atoms with E-state index in [0.29, 0.717) is 11.3 Å². The van der Waals surface area contributed by atoms with Gasteiger partial charge in [-0.1, -0.05) is 24.0 Å². The summed E-state index contributed by atoms with van der Waals surface area (Å²) in [6.07, 6.45) is -1.22. The molecule has 0 aliphatic heterocycles. The van der Waals surface area contributed by atoms with E-state index >= 15 is 0 Å². The molecule has 0 saturated heterocycles. The van der Waals surface area contributed by atoms with Crippen LogP contribution in [-0.4, -0.2) is 16.2 Å². The second-order valence-corrected chi connectivity index (χ2v) is 5.60. The van der Waals surface area contributed by atoms with Gasteiger partial charge in [0.1, 0.15) is 0 Å². The Morgan fingerprint density at radius 3 is 2.50 bits per heavy atom. The molecule has 6 nitrogen and oxygen atoms in total. The second kappa shape index (κ2) is 8.18. The molecule has 3 aromatic rings. The highest BCUT2D eigenvalue weighted by molar-refractivity contribution is 5.90. The van der Waals surface area contributed by atoms with Gasteiger partial charge in [-0.3, -0.25) is 16.0 Å². The number of hydrazine groups is 1. The number of carbonyl (C=O) groups is 1. The zero-order chi connectivity index (χ0) is 20.0. The maximum absolute atomic E-state index is 12.7. The first-order valence-corrected chi connectivity index (χ1v) is 8.01. The molecule has 28 heavy (non-hydrogen) atoms. The third kappa shape index (κ3) is 5.28. The zero-order valence-corrected chi connectivity index (χ0v) is 14.3. The lowest BCUT2D eigenvalue weighted by atomic mass is 10.2. The van der Waals surface area contributed by atoms with Crippen LogP contribution in [0.5, 0.6) is 0 Å². The van der Waals surface area contributed by atoms with E-state index < -0.39 is 17.8 Å². The van der Waals surface area contributed by atoms with Crippen LogP contribution in [0.1, 0.15) is 16.7 Å². The Bertz CT molecular complexity index is 1020. The monoisotopic (exact) mass is 385 g/mol. The van der Waals surface area contributed by atoms with Crippen LogP contribution in [0.2, 0.25) is 0 Å². The maximum atomic E-state index is 12.7. The van der Waals surface area contributed by atoms with E-state index in [0.717, 1.165) is 17.7 Å². The van der Waals surface area contributed by atoms with E-state index in [1.165, 1.54) is 12.1 Å². The van der Waals surface area contributed by atoms with E-state index in [1.807, 2.05) is 0 Å². The molecule has 1 heterocycles.